The molecule has 0 radical (unpaired) electrons. The van der Waals surface area contributed by atoms with Crippen LogP contribution >= 0.6 is 11.6 Å². The van der Waals surface area contributed by atoms with Gasteiger partial charge in [-0.05, 0) is 37.1 Å². The Balaban J connectivity index is 2.59. The van der Waals surface area contributed by atoms with Crippen LogP contribution in [0, 0.1) is 24.0 Å². The van der Waals surface area contributed by atoms with Gasteiger partial charge in [-0.2, -0.15) is 0 Å². The van der Waals surface area contributed by atoms with Gasteiger partial charge in [0.2, 0.25) is 0 Å². The molecule has 7 nitrogen and oxygen atoms in total. The SMILES string of the molecule is Cc1cc([N+](=O)[O-])cc(S(=O)(=O)N(C)c2ccc(Cl)cn2)c1C. The van der Waals surface area contributed by atoms with Gasteiger partial charge in [0.25, 0.3) is 15.7 Å². The van der Waals surface area contributed by atoms with E-state index in [4.69, 9.17) is 11.6 Å². The molecule has 1 heterocycles. The van der Waals surface area contributed by atoms with Crippen LogP contribution in [0.4, 0.5) is 11.5 Å². The molecule has 0 aliphatic heterocycles. The van der Waals surface area contributed by atoms with E-state index >= 15 is 0 Å². The number of pyridine rings is 1. The van der Waals surface area contributed by atoms with Crippen molar-refractivity contribution in [3.8, 4) is 0 Å². The van der Waals surface area contributed by atoms with Gasteiger partial charge in [-0.15, -0.1) is 0 Å². The number of hydrogen-bond acceptors (Lipinski definition) is 5. The van der Waals surface area contributed by atoms with Crippen molar-refractivity contribution < 1.29 is 13.3 Å². The zero-order chi connectivity index (χ0) is 17.4. The number of aromatic nitrogens is 1. The highest BCUT2D eigenvalue weighted by molar-refractivity contribution is 7.92. The van der Waals surface area contributed by atoms with E-state index in [2.05, 4.69) is 4.98 Å². The van der Waals surface area contributed by atoms with Crippen LogP contribution in [0.5, 0.6) is 0 Å². The van der Waals surface area contributed by atoms with Crippen molar-refractivity contribution in [3.05, 3.63) is 56.7 Å². The van der Waals surface area contributed by atoms with Crippen LogP contribution in [0.2, 0.25) is 5.02 Å². The van der Waals surface area contributed by atoms with Gasteiger partial charge in [0, 0.05) is 25.4 Å². The van der Waals surface area contributed by atoms with Crippen LogP contribution < -0.4 is 4.31 Å². The quantitative estimate of drug-likeness (QED) is 0.620. The van der Waals surface area contributed by atoms with E-state index in [0.29, 0.717) is 16.1 Å². The van der Waals surface area contributed by atoms with Gasteiger partial charge in [-0.1, -0.05) is 11.6 Å². The molecular weight excluding hydrogens is 342 g/mol. The molecule has 0 aliphatic rings. The molecule has 1 aromatic heterocycles. The Labute approximate surface area is 138 Å². The number of benzene rings is 1. The predicted octanol–water partition coefficient (Wildman–Crippen LogP) is 3.09. The number of sulfonamides is 1. The lowest BCUT2D eigenvalue weighted by atomic mass is 10.1. The Kier molecular flexibility index (Phi) is 4.58. The van der Waals surface area contributed by atoms with Gasteiger partial charge < -0.3 is 0 Å². The number of nitro benzene ring substituents is 1. The lowest BCUT2D eigenvalue weighted by Gasteiger charge is -2.20. The molecule has 0 N–H and O–H groups in total. The van der Waals surface area contributed by atoms with Crippen molar-refractivity contribution in [1.82, 2.24) is 4.98 Å². The fourth-order valence-corrected chi connectivity index (χ4v) is 3.59. The summed E-state index contributed by atoms with van der Waals surface area (Å²) in [5.41, 5.74) is 0.704. The summed E-state index contributed by atoms with van der Waals surface area (Å²) >= 11 is 5.74. The number of aryl methyl sites for hydroxylation is 1. The van der Waals surface area contributed by atoms with E-state index in [1.807, 2.05) is 0 Å². The molecule has 2 aromatic rings. The van der Waals surface area contributed by atoms with Crippen molar-refractivity contribution in [2.24, 2.45) is 0 Å². The minimum absolute atomic E-state index is 0.122. The van der Waals surface area contributed by atoms with Gasteiger partial charge in [-0.25, -0.2) is 13.4 Å². The number of nitro groups is 1. The third kappa shape index (κ3) is 3.27. The number of halogens is 1. The lowest BCUT2D eigenvalue weighted by Crippen LogP contribution is -2.28. The fraction of sp³-hybridized carbons (Fsp3) is 0.214. The van der Waals surface area contributed by atoms with E-state index in [0.717, 1.165) is 10.4 Å². The molecule has 0 spiro atoms. The molecule has 9 heteroatoms. The van der Waals surface area contributed by atoms with Crippen LogP contribution in [-0.4, -0.2) is 25.4 Å². The van der Waals surface area contributed by atoms with Crippen LogP contribution in [0.25, 0.3) is 0 Å². The van der Waals surface area contributed by atoms with Crippen LogP contribution in [0.15, 0.2) is 35.4 Å². The monoisotopic (exact) mass is 355 g/mol. The molecular formula is C14H14ClN3O4S. The van der Waals surface area contributed by atoms with Crippen LogP contribution in [-0.2, 0) is 10.0 Å². The highest BCUT2D eigenvalue weighted by Gasteiger charge is 2.27. The maximum atomic E-state index is 12.8. The molecule has 1 aromatic carbocycles. The molecule has 122 valence electrons. The lowest BCUT2D eigenvalue weighted by molar-refractivity contribution is -0.385. The second-order valence-electron chi connectivity index (χ2n) is 4.95. The first-order chi connectivity index (χ1) is 10.6. The van der Waals surface area contributed by atoms with E-state index in [-0.39, 0.29) is 16.4 Å². The molecule has 0 unspecified atom stereocenters. The van der Waals surface area contributed by atoms with Gasteiger partial charge in [-0.3, -0.25) is 14.4 Å². The molecule has 0 saturated heterocycles. The minimum atomic E-state index is -3.99. The Morgan fingerprint density at radius 2 is 1.91 bits per heavy atom. The maximum Gasteiger partial charge on any atom is 0.271 e. The largest absolute Gasteiger partial charge is 0.271 e. The van der Waals surface area contributed by atoms with Gasteiger partial charge >= 0.3 is 0 Å². The summed E-state index contributed by atoms with van der Waals surface area (Å²) in [5, 5.41) is 11.4. The normalized spacial score (nSPS) is 11.3. The Morgan fingerprint density at radius 1 is 1.26 bits per heavy atom. The fourth-order valence-electron chi connectivity index (χ4n) is 2.01. The van der Waals surface area contributed by atoms with Crippen molar-refractivity contribution in [2.75, 3.05) is 11.4 Å². The summed E-state index contributed by atoms with van der Waals surface area (Å²) in [7, 11) is -2.66. The first-order valence-electron chi connectivity index (χ1n) is 6.50. The highest BCUT2D eigenvalue weighted by atomic mass is 35.5. The highest BCUT2D eigenvalue weighted by Crippen LogP contribution is 2.29. The zero-order valence-corrected chi connectivity index (χ0v) is 14.2. The Bertz CT molecular complexity index is 866. The van der Waals surface area contributed by atoms with Crippen molar-refractivity contribution >= 4 is 33.1 Å². The van der Waals surface area contributed by atoms with Gasteiger partial charge in [0.05, 0.1) is 14.8 Å². The van der Waals surface area contributed by atoms with E-state index in [1.165, 1.54) is 31.4 Å². The summed E-state index contributed by atoms with van der Waals surface area (Å²) in [4.78, 5) is 14.2. The second-order valence-corrected chi connectivity index (χ2v) is 7.32. The molecule has 0 fully saturated rings. The van der Waals surface area contributed by atoms with Crippen molar-refractivity contribution in [2.45, 2.75) is 18.7 Å². The zero-order valence-electron chi connectivity index (χ0n) is 12.6. The Morgan fingerprint density at radius 3 is 2.43 bits per heavy atom. The summed E-state index contributed by atoms with van der Waals surface area (Å²) < 4.78 is 26.6. The summed E-state index contributed by atoms with van der Waals surface area (Å²) in [6.07, 6.45) is 1.33. The maximum absolute atomic E-state index is 12.8. The molecule has 0 amide bonds. The molecule has 23 heavy (non-hydrogen) atoms. The molecule has 2 rings (SSSR count). The van der Waals surface area contributed by atoms with E-state index < -0.39 is 14.9 Å². The number of nitrogens with zero attached hydrogens (tertiary/aromatic N) is 3. The predicted molar refractivity (Wildman–Crippen MR) is 87.4 cm³/mol. The summed E-state index contributed by atoms with van der Waals surface area (Å²) in [6.45, 7) is 3.23. The standard InChI is InChI=1S/C14H14ClN3O4S/c1-9-6-12(18(19)20)7-13(10(9)2)23(21,22)17(3)14-5-4-11(15)8-16-14/h4-8H,1-3H3. The molecule has 0 bridgehead atoms. The van der Waals surface area contributed by atoms with Crippen molar-refractivity contribution in [3.63, 3.8) is 0 Å². The van der Waals surface area contributed by atoms with E-state index in [9.17, 15) is 18.5 Å². The minimum Gasteiger partial charge on any atom is -0.258 e. The third-order valence-corrected chi connectivity index (χ3v) is 5.60. The average Bonchev–Trinajstić information content (AvgIpc) is 2.49. The van der Waals surface area contributed by atoms with Gasteiger partial charge in [0.15, 0.2) is 0 Å². The number of non-ortho nitro benzene ring substituents is 1. The molecule has 0 saturated carbocycles. The molecule has 0 atom stereocenters. The topological polar surface area (TPSA) is 93.4 Å². The van der Waals surface area contributed by atoms with Crippen LogP contribution in [0.3, 0.4) is 0 Å². The summed E-state index contributed by atoms with van der Waals surface area (Å²) in [5.74, 6) is 0.165. The second kappa shape index (κ2) is 6.13. The average molecular weight is 356 g/mol. The van der Waals surface area contributed by atoms with Gasteiger partial charge in [0.1, 0.15) is 5.82 Å². The smallest absolute Gasteiger partial charge is 0.258 e. The number of hydrogen-bond donors (Lipinski definition) is 0. The van der Waals surface area contributed by atoms with E-state index in [1.54, 1.807) is 13.8 Å². The number of anilines is 1. The molecule has 0 aliphatic carbocycles. The third-order valence-electron chi connectivity index (χ3n) is 3.49. The number of rotatable bonds is 4. The Hall–Kier alpha value is -2.19. The first-order valence-corrected chi connectivity index (χ1v) is 8.32. The van der Waals surface area contributed by atoms with Crippen LogP contribution in [0.1, 0.15) is 11.1 Å². The van der Waals surface area contributed by atoms with Crippen molar-refractivity contribution in [1.29, 1.82) is 0 Å². The first kappa shape index (κ1) is 17.2. The summed E-state index contributed by atoms with van der Waals surface area (Å²) in [6, 6.07) is 5.37.